The molecule has 1 N–H and O–H groups in total. The third-order valence-electron chi connectivity index (χ3n) is 5.31. The lowest BCUT2D eigenvalue weighted by atomic mass is 9.85. The molecule has 6 nitrogen and oxygen atoms in total. The third-order valence-corrected chi connectivity index (χ3v) is 5.31. The Morgan fingerprint density at radius 3 is 2.70 bits per heavy atom. The molecule has 4 rings (SSSR count). The quantitative estimate of drug-likeness (QED) is 0.501. The zero-order chi connectivity index (χ0) is 21.3. The number of hydrogen-bond acceptors (Lipinski definition) is 5. The van der Waals surface area contributed by atoms with E-state index in [1.807, 2.05) is 30.3 Å². The van der Waals surface area contributed by atoms with E-state index in [1.54, 1.807) is 19.2 Å². The summed E-state index contributed by atoms with van der Waals surface area (Å²) in [5.74, 6) is 0.384. The predicted molar refractivity (Wildman–Crippen MR) is 112 cm³/mol. The molecule has 0 fully saturated rings. The van der Waals surface area contributed by atoms with Crippen LogP contribution in [0.15, 0.2) is 57.8 Å². The fraction of sp³-hybridized carbons (Fsp3) is 0.261. The minimum Gasteiger partial charge on any atom is -0.481 e. The molecule has 2 aromatic heterocycles. The smallest absolute Gasteiger partial charge is 0.438 e. The van der Waals surface area contributed by atoms with Gasteiger partial charge in [-0.05, 0) is 35.4 Å². The Hall–Kier alpha value is -3.48. The van der Waals surface area contributed by atoms with Crippen molar-refractivity contribution >= 4 is 10.8 Å². The summed E-state index contributed by atoms with van der Waals surface area (Å²) in [6, 6.07) is 14.5. The Morgan fingerprint density at radius 1 is 1.17 bits per heavy atom. The molecule has 7 heteroatoms. The van der Waals surface area contributed by atoms with Crippen LogP contribution in [0.25, 0.3) is 22.0 Å². The fourth-order valence-corrected chi connectivity index (χ4v) is 3.71. The Kier molecular flexibility index (Phi) is 5.35. The van der Waals surface area contributed by atoms with Crippen LogP contribution in [0.1, 0.15) is 31.2 Å². The molecular weight excluding hydrogens is 385 g/mol. The number of aromatic amines is 1. The number of methoxy groups -OCH3 is 1. The fourth-order valence-electron chi connectivity index (χ4n) is 3.71. The van der Waals surface area contributed by atoms with Crippen LogP contribution in [0.5, 0.6) is 5.88 Å². The summed E-state index contributed by atoms with van der Waals surface area (Å²) in [5.41, 5.74) is 2.41. The van der Waals surface area contributed by atoms with Crippen molar-refractivity contribution < 1.29 is 13.7 Å². The van der Waals surface area contributed by atoms with Crippen molar-refractivity contribution in [1.29, 1.82) is 0 Å². The number of benzene rings is 2. The van der Waals surface area contributed by atoms with E-state index in [4.69, 9.17) is 4.74 Å². The van der Waals surface area contributed by atoms with E-state index in [0.717, 1.165) is 16.5 Å². The summed E-state index contributed by atoms with van der Waals surface area (Å²) in [6.07, 6.45) is 0.488. The van der Waals surface area contributed by atoms with Gasteiger partial charge in [0.2, 0.25) is 5.88 Å². The van der Waals surface area contributed by atoms with Gasteiger partial charge in [0.25, 0.3) is 0 Å². The Balaban J connectivity index is 1.73. The molecule has 1 atom stereocenters. The van der Waals surface area contributed by atoms with Crippen molar-refractivity contribution in [3.63, 3.8) is 0 Å². The van der Waals surface area contributed by atoms with E-state index < -0.39 is 5.76 Å². The molecule has 0 saturated carbocycles. The second-order valence-electron chi connectivity index (χ2n) is 7.57. The SMILES string of the molecule is COc1nc(-c2ccc3cccc(F)c3c2)ccc1C(Cc1noc(=O)[nH]1)C(C)C. The largest absolute Gasteiger partial charge is 0.481 e. The first-order valence-electron chi connectivity index (χ1n) is 9.74. The Bertz CT molecular complexity index is 1250. The normalized spacial score (nSPS) is 12.4. The predicted octanol–water partition coefficient (Wildman–Crippen LogP) is 4.71. The number of nitrogens with zero attached hydrogens (tertiary/aromatic N) is 2. The third kappa shape index (κ3) is 3.83. The highest BCUT2D eigenvalue weighted by atomic mass is 19.1. The van der Waals surface area contributed by atoms with Crippen LogP contribution in [0, 0.1) is 11.7 Å². The second-order valence-corrected chi connectivity index (χ2v) is 7.57. The first kappa shape index (κ1) is 19.8. The maximum atomic E-state index is 14.2. The molecule has 4 aromatic rings. The number of hydrogen-bond donors (Lipinski definition) is 1. The van der Waals surface area contributed by atoms with Crippen LogP contribution < -0.4 is 10.5 Å². The van der Waals surface area contributed by atoms with Crippen molar-refractivity contribution in [2.75, 3.05) is 7.11 Å². The van der Waals surface area contributed by atoms with Crippen molar-refractivity contribution in [3.05, 3.63) is 76.3 Å². The van der Waals surface area contributed by atoms with Crippen LogP contribution in [-0.2, 0) is 6.42 Å². The molecule has 0 bridgehead atoms. The molecular formula is C23H22FN3O3. The lowest BCUT2D eigenvalue weighted by molar-refractivity contribution is 0.367. The van der Waals surface area contributed by atoms with Gasteiger partial charge in [-0.25, -0.2) is 14.2 Å². The summed E-state index contributed by atoms with van der Waals surface area (Å²) in [6.45, 7) is 4.17. The van der Waals surface area contributed by atoms with Gasteiger partial charge in [-0.1, -0.05) is 49.3 Å². The molecule has 0 aliphatic carbocycles. The summed E-state index contributed by atoms with van der Waals surface area (Å²) in [7, 11) is 1.57. The molecule has 1 unspecified atom stereocenters. The number of halogens is 1. The van der Waals surface area contributed by atoms with Gasteiger partial charge in [0, 0.05) is 22.9 Å². The van der Waals surface area contributed by atoms with Gasteiger partial charge in [0.05, 0.1) is 12.8 Å². The molecule has 2 aromatic carbocycles. The highest BCUT2D eigenvalue weighted by molar-refractivity contribution is 5.87. The van der Waals surface area contributed by atoms with Gasteiger partial charge in [-0.2, -0.15) is 0 Å². The summed E-state index contributed by atoms with van der Waals surface area (Å²) in [5, 5.41) is 5.17. The highest BCUT2D eigenvalue weighted by Crippen LogP contribution is 2.35. The lowest BCUT2D eigenvalue weighted by Crippen LogP contribution is -2.14. The number of nitrogens with one attached hydrogen (secondary N) is 1. The average molecular weight is 407 g/mol. The molecule has 0 aliphatic heterocycles. The molecule has 154 valence electrons. The molecule has 0 saturated heterocycles. The minimum atomic E-state index is -0.573. The van der Waals surface area contributed by atoms with Crippen molar-refractivity contribution in [2.24, 2.45) is 5.92 Å². The van der Waals surface area contributed by atoms with Crippen LogP contribution in [0.3, 0.4) is 0 Å². The van der Waals surface area contributed by atoms with Gasteiger partial charge in [-0.3, -0.25) is 9.51 Å². The van der Waals surface area contributed by atoms with Gasteiger partial charge in [-0.15, -0.1) is 0 Å². The first-order valence-corrected chi connectivity index (χ1v) is 9.74. The molecule has 0 amide bonds. The molecule has 0 spiro atoms. The number of ether oxygens (including phenoxy) is 1. The van der Waals surface area contributed by atoms with Crippen LogP contribution in [0.2, 0.25) is 0 Å². The summed E-state index contributed by atoms with van der Waals surface area (Å²) < 4.78 is 24.4. The van der Waals surface area contributed by atoms with Crippen molar-refractivity contribution in [3.8, 4) is 17.1 Å². The number of aromatic nitrogens is 3. The van der Waals surface area contributed by atoms with Crippen LogP contribution in [-0.4, -0.2) is 22.2 Å². The molecule has 0 radical (unpaired) electrons. The van der Waals surface area contributed by atoms with Gasteiger partial charge in [0.15, 0.2) is 5.82 Å². The average Bonchev–Trinajstić information content (AvgIpc) is 3.16. The zero-order valence-electron chi connectivity index (χ0n) is 17.0. The summed E-state index contributed by atoms with van der Waals surface area (Å²) in [4.78, 5) is 18.6. The van der Waals surface area contributed by atoms with Crippen molar-refractivity contribution in [1.82, 2.24) is 15.1 Å². The van der Waals surface area contributed by atoms with E-state index >= 15 is 0 Å². The van der Waals surface area contributed by atoms with E-state index in [-0.39, 0.29) is 17.7 Å². The highest BCUT2D eigenvalue weighted by Gasteiger charge is 2.23. The van der Waals surface area contributed by atoms with Gasteiger partial charge in [0.1, 0.15) is 5.82 Å². The maximum absolute atomic E-state index is 14.2. The molecule has 2 heterocycles. The standard InChI is InChI=1S/C23H22FN3O3/c1-13(2)17(12-21-26-23(28)30-27-21)16-9-10-20(25-22(16)29-3)15-8-7-14-5-4-6-19(24)18(14)11-15/h4-11,13,17H,12H2,1-3H3,(H,26,27,28). The van der Waals surface area contributed by atoms with E-state index in [1.165, 1.54) is 6.07 Å². The monoisotopic (exact) mass is 407 g/mol. The number of pyridine rings is 1. The van der Waals surface area contributed by atoms with Crippen molar-refractivity contribution in [2.45, 2.75) is 26.2 Å². The van der Waals surface area contributed by atoms with E-state index in [0.29, 0.717) is 29.2 Å². The first-order chi connectivity index (χ1) is 14.5. The summed E-state index contributed by atoms with van der Waals surface area (Å²) >= 11 is 0. The Morgan fingerprint density at radius 2 is 2.00 bits per heavy atom. The topological polar surface area (TPSA) is 81.0 Å². The van der Waals surface area contributed by atoms with E-state index in [9.17, 15) is 9.18 Å². The molecule has 30 heavy (non-hydrogen) atoms. The number of H-pyrrole nitrogens is 1. The zero-order valence-corrected chi connectivity index (χ0v) is 17.0. The second kappa shape index (κ2) is 8.10. The van der Waals surface area contributed by atoms with Gasteiger partial charge >= 0.3 is 5.76 Å². The number of fused-ring (bicyclic) bond motifs is 1. The van der Waals surface area contributed by atoms with Crippen LogP contribution >= 0.6 is 0 Å². The molecule has 0 aliphatic rings. The Labute approximate surface area is 172 Å². The maximum Gasteiger partial charge on any atom is 0.438 e. The van der Waals surface area contributed by atoms with Gasteiger partial charge < -0.3 is 4.74 Å². The number of rotatable bonds is 6. The minimum absolute atomic E-state index is 0.0105. The van der Waals surface area contributed by atoms with E-state index in [2.05, 4.69) is 33.5 Å². The van der Waals surface area contributed by atoms with Crippen LogP contribution in [0.4, 0.5) is 4.39 Å². The lowest BCUT2D eigenvalue weighted by Gasteiger charge is -2.22.